The summed E-state index contributed by atoms with van der Waals surface area (Å²) in [5.41, 5.74) is 1.44. The van der Waals surface area contributed by atoms with Gasteiger partial charge in [0.15, 0.2) is 0 Å². The molecule has 6 heteroatoms. The van der Waals surface area contributed by atoms with Gasteiger partial charge in [-0.05, 0) is 24.3 Å². The molecule has 0 bridgehead atoms. The molecule has 0 fully saturated rings. The van der Waals surface area contributed by atoms with Crippen LogP contribution in [0.4, 0.5) is 10.1 Å². The second kappa shape index (κ2) is 5.52. The van der Waals surface area contributed by atoms with E-state index in [9.17, 15) is 4.39 Å². The lowest BCUT2D eigenvalue weighted by Crippen LogP contribution is -2.05. The predicted octanol–water partition coefficient (Wildman–Crippen LogP) is 3.95. The number of anilines is 1. The maximum atomic E-state index is 13.7. The van der Waals surface area contributed by atoms with Crippen LogP contribution in [0.15, 0.2) is 24.3 Å². The summed E-state index contributed by atoms with van der Waals surface area (Å²) in [6, 6.07) is 7.87. The molecule has 0 aliphatic heterocycles. The monoisotopic (exact) mass is 297 g/mol. The van der Waals surface area contributed by atoms with Crippen LogP contribution in [0.5, 0.6) is 0 Å². The van der Waals surface area contributed by atoms with E-state index in [1.807, 2.05) is 6.07 Å². The van der Waals surface area contributed by atoms with Gasteiger partial charge in [-0.3, -0.25) is 0 Å². The zero-order valence-electron chi connectivity index (χ0n) is 10.0. The maximum Gasteiger partial charge on any atom is 0.147 e. The van der Waals surface area contributed by atoms with E-state index < -0.39 is 5.82 Å². The molecule has 2 aromatic rings. The molecule has 1 heterocycles. The van der Waals surface area contributed by atoms with E-state index in [0.717, 1.165) is 5.69 Å². The number of hydrogen-bond acceptors (Lipinski definition) is 2. The Morgan fingerprint density at radius 2 is 2.11 bits per heavy atom. The average molecular weight is 298 g/mol. The van der Waals surface area contributed by atoms with Crippen molar-refractivity contribution in [1.29, 1.82) is 5.26 Å². The molecular formula is C13H10Cl2FN3. The number of rotatable bonds is 3. The number of nitriles is 1. The Bertz CT molecular complexity index is 659. The molecule has 0 unspecified atom stereocenters. The highest BCUT2D eigenvalue weighted by Crippen LogP contribution is 2.26. The van der Waals surface area contributed by atoms with Crippen molar-refractivity contribution in [2.45, 2.75) is 6.54 Å². The van der Waals surface area contributed by atoms with E-state index in [4.69, 9.17) is 28.5 Å². The molecule has 1 aromatic carbocycles. The van der Waals surface area contributed by atoms with Crippen LogP contribution >= 0.6 is 23.2 Å². The van der Waals surface area contributed by atoms with E-state index >= 15 is 0 Å². The molecule has 0 saturated heterocycles. The summed E-state index contributed by atoms with van der Waals surface area (Å²) in [7, 11) is 1.78. The van der Waals surface area contributed by atoms with Crippen molar-refractivity contribution in [3.63, 3.8) is 0 Å². The van der Waals surface area contributed by atoms with Gasteiger partial charge in [0, 0.05) is 12.7 Å². The predicted molar refractivity (Wildman–Crippen MR) is 73.9 cm³/mol. The van der Waals surface area contributed by atoms with E-state index in [0.29, 0.717) is 22.4 Å². The Hall–Kier alpha value is -1.70. The third kappa shape index (κ3) is 2.83. The van der Waals surface area contributed by atoms with Crippen molar-refractivity contribution in [1.82, 2.24) is 4.57 Å². The molecule has 0 radical (unpaired) electrons. The molecule has 0 aliphatic rings. The van der Waals surface area contributed by atoms with Gasteiger partial charge >= 0.3 is 0 Å². The van der Waals surface area contributed by atoms with Crippen molar-refractivity contribution in [2.24, 2.45) is 7.05 Å². The highest BCUT2D eigenvalue weighted by molar-refractivity contribution is 6.41. The third-order valence-electron chi connectivity index (χ3n) is 2.77. The van der Waals surface area contributed by atoms with E-state index in [1.165, 1.54) is 12.1 Å². The van der Waals surface area contributed by atoms with Crippen molar-refractivity contribution >= 4 is 28.9 Å². The Morgan fingerprint density at radius 3 is 2.63 bits per heavy atom. The molecule has 0 amide bonds. The average Bonchev–Trinajstić information content (AvgIpc) is 2.65. The minimum absolute atomic E-state index is 0.285. The fourth-order valence-corrected chi connectivity index (χ4v) is 2.09. The maximum absolute atomic E-state index is 13.7. The molecule has 98 valence electrons. The molecule has 0 spiro atoms. The fourth-order valence-electron chi connectivity index (χ4n) is 1.67. The Morgan fingerprint density at radius 1 is 1.37 bits per heavy atom. The second-order valence-corrected chi connectivity index (χ2v) is 4.76. The van der Waals surface area contributed by atoms with Crippen molar-refractivity contribution in [3.8, 4) is 6.07 Å². The molecule has 19 heavy (non-hydrogen) atoms. The van der Waals surface area contributed by atoms with Gasteiger partial charge in [0.25, 0.3) is 0 Å². The summed E-state index contributed by atoms with van der Waals surface area (Å²) in [5, 5.41) is 12.5. The minimum atomic E-state index is -0.467. The van der Waals surface area contributed by atoms with Gasteiger partial charge in [0.2, 0.25) is 0 Å². The van der Waals surface area contributed by atoms with Gasteiger partial charge < -0.3 is 9.88 Å². The van der Waals surface area contributed by atoms with Gasteiger partial charge in [-0.1, -0.05) is 23.2 Å². The van der Waals surface area contributed by atoms with E-state index in [1.54, 1.807) is 23.7 Å². The number of hydrogen-bond donors (Lipinski definition) is 1. The largest absolute Gasteiger partial charge is 0.377 e. The SMILES string of the molecule is Cn1c(CNc2ccc(C#N)cc2F)cc(Cl)c1Cl. The van der Waals surface area contributed by atoms with Crippen LogP contribution in [0, 0.1) is 17.1 Å². The van der Waals surface area contributed by atoms with Crippen molar-refractivity contribution in [2.75, 3.05) is 5.32 Å². The molecule has 1 N–H and O–H groups in total. The molecule has 1 aromatic heterocycles. The lowest BCUT2D eigenvalue weighted by Gasteiger charge is -2.09. The van der Waals surface area contributed by atoms with Crippen LogP contribution in [0.25, 0.3) is 0 Å². The molecule has 3 nitrogen and oxygen atoms in total. The third-order valence-corrected chi connectivity index (χ3v) is 3.62. The number of nitrogens with one attached hydrogen (secondary N) is 1. The first-order valence-electron chi connectivity index (χ1n) is 5.46. The first-order valence-corrected chi connectivity index (χ1v) is 6.21. The molecule has 0 atom stereocenters. The summed E-state index contributed by atoms with van der Waals surface area (Å²) in [4.78, 5) is 0. The highest BCUT2D eigenvalue weighted by atomic mass is 35.5. The van der Waals surface area contributed by atoms with E-state index in [-0.39, 0.29) is 5.56 Å². The normalized spacial score (nSPS) is 10.3. The van der Waals surface area contributed by atoms with Crippen molar-refractivity contribution in [3.05, 3.63) is 51.5 Å². The van der Waals surface area contributed by atoms with Crippen LogP contribution in [0.2, 0.25) is 10.2 Å². The Kier molecular flexibility index (Phi) is 3.98. The smallest absolute Gasteiger partial charge is 0.147 e. The molecular weight excluding hydrogens is 288 g/mol. The second-order valence-electron chi connectivity index (χ2n) is 3.99. The van der Waals surface area contributed by atoms with Gasteiger partial charge in [-0.15, -0.1) is 0 Å². The van der Waals surface area contributed by atoms with Crippen LogP contribution in [-0.4, -0.2) is 4.57 Å². The van der Waals surface area contributed by atoms with Crippen molar-refractivity contribution < 1.29 is 4.39 Å². The number of aromatic nitrogens is 1. The zero-order valence-corrected chi connectivity index (χ0v) is 11.6. The Balaban J connectivity index is 2.15. The first-order chi connectivity index (χ1) is 9.02. The lowest BCUT2D eigenvalue weighted by atomic mass is 10.2. The topological polar surface area (TPSA) is 40.8 Å². The summed E-state index contributed by atoms with van der Waals surface area (Å²) in [5.74, 6) is -0.467. The zero-order chi connectivity index (χ0) is 14.0. The summed E-state index contributed by atoms with van der Waals surface area (Å²) >= 11 is 11.8. The van der Waals surface area contributed by atoms with Gasteiger partial charge in [-0.25, -0.2) is 4.39 Å². The first kappa shape index (κ1) is 13.7. The van der Waals surface area contributed by atoms with Crippen LogP contribution in [0.3, 0.4) is 0 Å². The van der Waals surface area contributed by atoms with Crippen LogP contribution in [0.1, 0.15) is 11.3 Å². The number of halogens is 3. The molecule has 0 aliphatic carbocycles. The number of benzene rings is 1. The van der Waals surface area contributed by atoms with Crippen LogP contribution in [-0.2, 0) is 13.6 Å². The van der Waals surface area contributed by atoms with Gasteiger partial charge in [0.05, 0.1) is 28.9 Å². The van der Waals surface area contributed by atoms with Gasteiger partial charge in [-0.2, -0.15) is 5.26 Å². The number of nitrogens with zero attached hydrogens (tertiary/aromatic N) is 2. The standard InChI is InChI=1S/C13H10Cl2FN3/c1-19-9(5-10(14)13(19)15)7-18-12-3-2-8(6-17)4-11(12)16/h2-5,18H,7H2,1H3. The van der Waals surface area contributed by atoms with Crippen LogP contribution < -0.4 is 5.32 Å². The highest BCUT2D eigenvalue weighted by Gasteiger charge is 2.09. The molecule has 0 saturated carbocycles. The minimum Gasteiger partial charge on any atom is -0.377 e. The summed E-state index contributed by atoms with van der Waals surface area (Å²) in [6.07, 6.45) is 0. The Labute approximate surface area is 120 Å². The quantitative estimate of drug-likeness (QED) is 0.932. The summed E-state index contributed by atoms with van der Waals surface area (Å²) in [6.45, 7) is 0.381. The lowest BCUT2D eigenvalue weighted by molar-refractivity contribution is 0.629. The van der Waals surface area contributed by atoms with Gasteiger partial charge in [0.1, 0.15) is 11.0 Å². The fraction of sp³-hybridized carbons (Fsp3) is 0.154. The summed E-state index contributed by atoms with van der Waals surface area (Å²) < 4.78 is 15.4. The molecule has 2 rings (SSSR count). The van der Waals surface area contributed by atoms with E-state index in [2.05, 4.69) is 5.32 Å².